The van der Waals surface area contributed by atoms with Crippen LogP contribution in [0.15, 0.2) is 10.9 Å². The normalized spacial score (nSPS) is 18.3. The zero-order valence-electron chi connectivity index (χ0n) is 11.8. The molecule has 20 heavy (non-hydrogen) atoms. The number of nitrogens with one attached hydrogen (secondary N) is 1. The minimum Gasteiger partial charge on any atom is -0.365 e. The van der Waals surface area contributed by atoms with Crippen LogP contribution < -0.4 is 11.1 Å². The Balaban J connectivity index is 1.85. The molecule has 3 N–H and O–H groups in total. The van der Waals surface area contributed by atoms with Crippen LogP contribution in [0.2, 0.25) is 0 Å². The van der Waals surface area contributed by atoms with E-state index >= 15 is 0 Å². The molecule has 1 aliphatic carbocycles. The molecule has 0 amide bonds. The number of nitrogens with zero attached hydrogens (tertiary/aromatic N) is 3. The van der Waals surface area contributed by atoms with Crippen molar-refractivity contribution in [1.82, 2.24) is 15.1 Å². The van der Waals surface area contributed by atoms with Gasteiger partial charge in [-0.2, -0.15) is 4.98 Å². The van der Waals surface area contributed by atoms with Gasteiger partial charge in [0.1, 0.15) is 17.5 Å². The lowest BCUT2D eigenvalue weighted by molar-refractivity contribution is 0.320. The van der Waals surface area contributed by atoms with Gasteiger partial charge in [-0.15, -0.1) is 0 Å². The predicted octanol–water partition coefficient (Wildman–Crippen LogP) is 2.25. The lowest BCUT2D eigenvalue weighted by Gasteiger charge is -2.30. The third-order valence-electron chi connectivity index (χ3n) is 4.24. The average molecular weight is 275 g/mol. The largest absolute Gasteiger partial charge is 0.365 e. The van der Waals surface area contributed by atoms with E-state index in [1.807, 2.05) is 6.92 Å². The van der Waals surface area contributed by atoms with Crippen molar-refractivity contribution >= 4 is 16.9 Å². The topological polar surface area (TPSA) is 89.9 Å². The van der Waals surface area contributed by atoms with Crippen LogP contribution in [0.25, 0.3) is 11.1 Å². The van der Waals surface area contributed by atoms with Gasteiger partial charge in [0.05, 0.1) is 5.69 Å². The quantitative estimate of drug-likeness (QED) is 0.889. The molecule has 6 heteroatoms. The fourth-order valence-electron chi connectivity index (χ4n) is 3.11. The van der Waals surface area contributed by atoms with E-state index in [0.29, 0.717) is 18.2 Å². The number of fused-ring (bicyclic) bond motifs is 1. The molecule has 2 heterocycles. The van der Waals surface area contributed by atoms with E-state index in [1.165, 1.54) is 38.4 Å². The molecule has 0 aromatic carbocycles. The Kier molecular flexibility index (Phi) is 3.82. The monoisotopic (exact) mass is 275 g/mol. The first-order valence-electron chi connectivity index (χ1n) is 7.33. The summed E-state index contributed by atoms with van der Waals surface area (Å²) < 4.78 is 5.18. The van der Waals surface area contributed by atoms with Gasteiger partial charge < -0.3 is 15.6 Å². The second kappa shape index (κ2) is 5.75. The smallest absolute Gasteiger partial charge is 0.263 e. The van der Waals surface area contributed by atoms with E-state index in [0.717, 1.165) is 16.9 Å². The molecule has 0 spiro atoms. The summed E-state index contributed by atoms with van der Waals surface area (Å²) in [5, 5.41) is 8.31. The van der Waals surface area contributed by atoms with E-state index in [2.05, 4.69) is 20.4 Å². The molecule has 6 nitrogen and oxygen atoms in total. The van der Waals surface area contributed by atoms with Crippen molar-refractivity contribution in [2.24, 2.45) is 11.7 Å². The summed E-state index contributed by atoms with van der Waals surface area (Å²) in [6, 6.07) is 0.252. The van der Waals surface area contributed by atoms with Gasteiger partial charge >= 0.3 is 0 Å². The maximum Gasteiger partial charge on any atom is 0.263 e. The van der Waals surface area contributed by atoms with Gasteiger partial charge in [0.15, 0.2) is 0 Å². The number of hydrogen-bond acceptors (Lipinski definition) is 6. The van der Waals surface area contributed by atoms with Crippen molar-refractivity contribution in [2.45, 2.75) is 45.1 Å². The maximum atomic E-state index is 5.96. The zero-order chi connectivity index (χ0) is 13.9. The summed E-state index contributed by atoms with van der Waals surface area (Å²) >= 11 is 0. The standard InChI is InChI=1S/C14H21N5O/c1-9-12-13(16-8-17-14(12)20-19-9)18-11(7-15)10-5-3-2-4-6-10/h8,10-11H,2-7,15H2,1H3,(H,16,17,18). The number of hydrogen-bond donors (Lipinski definition) is 2. The third-order valence-corrected chi connectivity index (χ3v) is 4.24. The lowest BCUT2D eigenvalue weighted by Crippen LogP contribution is -2.37. The number of anilines is 1. The number of nitrogens with two attached hydrogens (primary N) is 1. The Morgan fingerprint density at radius 1 is 1.35 bits per heavy atom. The van der Waals surface area contributed by atoms with Gasteiger partial charge in [0.2, 0.25) is 0 Å². The van der Waals surface area contributed by atoms with E-state index in [1.54, 1.807) is 0 Å². The molecule has 0 aliphatic heterocycles. The fraction of sp³-hybridized carbons (Fsp3) is 0.643. The minimum atomic E-state index is 0.252. The summed E-state index contributed by atoms with van der Waals surface area (Å²) in [5.41, 5.74) is 7.30. The average Bonchev–Trinajstić information content (AvgIpc) is 2.88. The highest BCUT2D eigenvalue weighted by molar-refractivity contribution is 5.87. The zero-order valence-corrected chi connectivity index (χ0v) is 11.8. The molecule has 1 aliphatic rings. The molecule has 2 aromatic heterocycles. The molecule has 0 saturated heterocycles. The lowest BCUT2D eigenvalue weighted by atomic mass is 9.84. The Labute approximate surface area is 118 Å². The van der Waals surface area contributed by atoms with Gasteiger partial charge in [-0.1, -0.05) is 24.4 Å². The summed E-state index contributed by atoms with van der Waals surface area (Å²) in [4.78, 5) is 8.44. The highest BCUT2D eigenvalue weighted by atomic mass is 16.5. The van der Waals surface area contributed by atoms with Crippen molar-refractivity contribution < 1.29 is 4.52 Å². The molecule has 1 fully saturated rings. The first kappa shape index (κ1) is 13.3. The van der Waals surface area contributed by atoms with E-state index in [-0.39, 0.29) is 6.04 Å². The third kappa shape index (κ3) is 2.47. The first-order chi connectivity index (χ1) is 9.79. The molecular formula is C14H21N5O. The molecule has 108 valence electrons. The number of rotatable bonds is 4. The van der Waals surface area contributed by atoms with Crippen LogP contribution in [0, 0.1) is 12.8 Å². The number of aryl methyl sites for hydroxylation is 1. The molecule has 0 radical (unpaired) electrons. The van der Waals surface area contributed by atoms with Gasteiger partial charge in [0.25, 0.3) is 5.71 Å². The fourth-order valence-corrected chi connectivity index (χ4v) is 3.11. The van der Waals surface area contributed by atoms with Gasteiger partial charge in [0, 0.05) is 12.6 Å². The molecular weight excluding hydrogens is 254 g/mol. The summed E-state index contributed by atoms with van der Waals surface area (Å²) in [7, 11) is 0. The van der Waals surface area contributed by atoms with E-state index in [4.69, 9.17) is 10.3 Å². The summed E-state index contributed by atoms with van der Waals surface area (Å²) in [6.45, 7) is 2.51. The van der Waals surface area contributed by atoms with Crippen molar-refractivity contribution in [3.63, 3.8) is 0 Å². The Morgan fingerprint density at radius 3 is 2.90 bits per heavy atom. The highest BCUT2D eigenvalue weighted by Crippen LogP contribution is 2.29. The van der Waals surface area contributed by atoms with E-state index < -0.39 is 0 Å². The van der Waals surface area contributed by atoms with Crippen LogP contribution in [0.4, 0.5) is 5.82 Å². The predicted molar refractivity (Wildman–Crippen MR) is 77.4 cm³/mol. The Bertz CT molecular complexity index is 576. The van der Waals surface area contributed by atoms with Crippen molar-refractivity contribution in [1.29, 1.82) is 0 Å². The number of aromatic nitrogens is 3. The first-order valence-corrected chi connectivity index (χ1v) is 7.33. The van der Waals surface area contributed by atoms with Crippen molar-refractivity contribution in [3.05, 3.63) is 12.0 Å². The second-order valence-electron chi connectivity index (χ2n) is 5.56. The molecule has 2 aromatic rings. The van der Waals surface area contributed by atoms with Crippen LogP contribution in [0.5, 0.6) is 0 Å². The Morgan fingerprint density at radius 2 is 2.15 bits per heavy atom. The molecule has 3 rings (SSSR count). The van der Waals surface area contributed by atoms with Crippen LogP contribution >= 0.6 is 0 Å². The van der Waals surface area contributed by atoms with Crippen LogP contribution in [0.1, 0.15) is 37.8 Å². The van der Waals surface area contributed by atoms with Crippen molar-refractivity contribution in [3.8, 4) is 0 Å². The van der Waals surface area contributed by atoms with Gasteiger partial charge in [-0.3, -0.25) is 0 Å². The van der Waals surface area contributed by atoms with Crippen LogP contribution in [-0.4, -0.2) is 27.7 Å². The van der Waals surface area contributed by atoms with Gasteiger partial charge in [-0.05, 0) is 25.7 Å². The second-order valence-corrected chi connectivity index (χ2v) is 5.56. The summed E-state index contributed by atoms with van der Waals surface area (Å²) in [6.07, 6.45) is 7.93. The van der Waals surface area contributed by atoms with E-state index in [9.17, 15) is 0 Å². The molecule has 1 saturated carbocycles. The minimum absolute atomic E-state index is 0.252. The van der Waals surface area contributed by atoms with Crippen LogP contribution in [-0.2, 0) is 0 Å². The molecule has 1 unspecified atom stereocenters. The molecule has 1 atom stereocenters. The van der Waals surface area contributed by atoms with Crippen molar-refractivity contribution in [2.75, 3.05) is 11.9 Å². The molecule has 0 bridgehead atoms. The van der Waals surface area contributed by atoms with Crippen LogP contribution in [0.3, 0.4) is 0 Å². The highest BCUT2D eigenvalue weighted by Gasteiger charge is 2.24. The SMILES string of the molecule is Cc1noc2ncnc(NC(CN)C3CCCCC3)c12. The maximum absolute atomic E-state index is 5.96. The summed E-state index contributed by atoms with van der Waals surface area (Å²) in [5.74, 6) is 1.41. The van der Waals surface area contributed by atoms with Gasteiger partial charge in [-0.25, -0.2) is 4.98 Å². The Hall–Kier alpha value is -1.69.